The van der Waals surface area contributed by atoms with Crippen molar-refractivity contribution >= 4 is 18.7 Å². The van der Waals surface area contributed by atoms with Gasteiger partial charge in [0.15, 0.2) is 0 Å². The number of para-hydroxylation sites is 1. The Labute approximate surface area is 107 Å². The van der Waals surface area contributed by atoms with Gasteiger partial charge in [0.05, 0.1) is 0 Å². The second kappa shape index (κ2) is 4.35. The molecule has 0 unspecified atom stereocenters. The maximum absolute atomic E-state index is 10.1. The second-order valence-electron chi connectivity index (χ2n) is 4.42. The molecule has 2 nitrogen and oxygen atoms in total. The molecule has 88 valence electrons. The van der Waals surface area contributed by atoms with Gasteiger partial charge in [0.1, 0.15) is 5.75 Å². The van der Waals surface area contributed by atoms with E-state index in [9.17, 15) is 5.02 Å². The first-order valence-electron chi connectivity index (χ1n) is 5.97. The van der Waals surface area contributed by atoms with E-state index in [1.807, 2.05) is 61.5 Å². The van der Waals surface area contributed by atoms with Crippen molar-refractivity contribution in [1.82, 2.24) is 0 Å². The zero-order chi connectivity index (χ0) is 12.5. The normalized spacial score (nSPS) is 13.7. The summed E-state index contributed by atoms with van der Waals surface area (Å²) >= 11 is 0. The number of aryl methyl sites for hydroxylation is 1. The van der Waals surface area contributed by atoms with Crippen LogP contribution in [0.15, 0.2) is 48.5 Å². The quantitative estimate of drug-likeness (QED) is 0.771. The first-order valence-corrected chi connectivity index (χ1v) is 5.97. The number of benzene rings is 2. The van der Waals surface area contributed by atoms with Crippen LogP contribution in [0, 0.1) is 6.92 Å². The molecule has 0 atom stereocenters. The topological polar surface area (TPSA) is 29.5 Å². The predicted octanol–water partition coefficient (Wildman–Crippen LogP) is 2.95. The van der Waals surface area contributed by atoms with E-state index in [0.717, 1.165) is 27.9 Å². The molecule has 1 heterocycles. The summed E-state index contributed by atoms with van der Waals surface area (Å²) in [6, 6.07) is 15.7. The molecule has 0 spiro atoms. The highest BCUT2D eigenvalue weighted by Crippen LogP contribution is 2.32. The van der Waals surface area contributed by atoms with E-state index in [2.05, 4.69) is 0 Å². The minimum atomic E-state index is -0.902. The van der Waals surface area contributed by atoms with Crippen LogP contribution in [-0.2, 0) is 0 Å². The van der Waals surface area contributed by atoms with Gasteiger partial charge in [0.2, 0.25) is 0 Å². The van der Waals surface area contributed by atoms with Gasteiger partial charge >= 0.3 is 7.12 Å². The summed E-state index contributed by atoms with van der Waals surface area (Å²) in [5.41, 5.74) is 3.97. The maximum atomic E-state index is 10.1. The Balaban J connectivity index is 2.13. The van der Waals surface area contributed by atoms with E-state index < -0.39 is 7.12 Å². The van der Waals surface area contributed by atoms with Gasteiger partial charge in [-0.2, -0.15) is 0 Å². The largest absolute Gasteiger partial charge is 0.560 e. The third kappa shape index (κ3) is 1.83. The molecule has 0 bridgehead atoms. The Bertz CT molecular complexity index is 619. The third-order valence-corrected chi connectivity index (χ3v) is 3.19. The predicted molar refractivity (Wildman–Crippen MR) is 74.1 cm³/mol. The van der Waals surface area contributed by atoms with Gasteiger partial charge in [-0.1, -0.05) is 42.5 Å². The molecule has 3 rings (SSSR count). The van der Waals surface area contributed by atoms with Crippen LogP contribution in [-0.4, -0.2) is 12.1 Å². The molecule has 0 saturated heterocycles. The first kappa shape index (κ1) is 11.1. The van der Waals surface area contributed by atoms with Crippen LogP contribution in [0.5, 0.6) is 5.75 Å². The van der Waals surface area contributed by atoms with Gasteiger partial charge in [-0.25, -0.2) is 0 Å². The number of fused-ring (bicyclic) bond motifs is 1. The van der Waals surface area contributed by atoms with Gasteiger partial charge in [0.25, 0.3) is 0 Å². The molecule has 0 fully saturated rings. The fourth-order valence-corrected chi connectivity index (χ4v) is 2.24. The van der Waals surface area contributed by atoms with Crippen molar-refractivity contribution in [2.75, 3.05) is 0 Å². The average Bonchev–Trinajstić information content (AvgIpc) is 2.39. The van der Waals surface area contributed by atoms with Crippen molar-refractivity contribution in [3.8, 4) is 5.75 Å². The lowest BCUT2D eigenvalue weighted by Crippen LogP contribution is -2.27. The third-order valence-electron chi connectivity index (χ3n) is 3.19. The van der Waals surface area contributed by atoms with E-state index in [-0.39, 0.29) is 0 Å². The molecule has 0 aromatic heterocycles. The van der Waals surface area contributed by atoms with Gasteiger partial charge in [-0.15, -0.1) is 0 Å². The standard InChI is InChI=1S/C15H13BO2/c1-11-6-2-4-8-13(11)14-10-12-7-3-5-9-15(12)18-16(14)17/h2-10,17H,1H3. The SMILES string of the molecule is Cc1ccccc1C1=Cc2ccccc2OB1O. The van der Waals surface area contributed by atoms with E-state index in [4.69, 9.17) is 4.65 Å². The Morgan fingerprint density at radius 2 is 1.72 bits per heavy atom. The van der Waals surface area contributed by atoms with Crippen LogP contribution in [0.4, 0.5) is 0 Å². The van der Waals surface area contributed by atoms with Gasteiger partial charge in [-0.3, -0.25) is 0 Å². The number of hydrogen-bond acceptors (Lipinski definition) is 2. The second-order valence-corrected chi connectivity index (χ2v) is 4.42. The smallest absolute Gasteiger partial charge is 0.532 e. The van der Waals surface area contributed by atoms with Crippen LogP contribution in [0.2, 0.25) is 0 Å². The molecule has 2 aromatic carbocycles. The van der Waals surface area contributed by atoms with Crippen LogP contribution in [0.25, 0.3) is 11.5 Å². The Kier molecular flexibility index (Phi) is 2.69. The molecule has 3 heteroatoms. The molecule has 0 radical (unpaired) electrons. The molecule has 0 aliphatic carbocycles. The minimum absolute atomic E-state index is 0.724. The van der Waals surface area contributed by atoms with Gasteiger partial charge in [-0.05, 0) is 30.2 Å². The van der Waals surface area contributed by atoms with Crippen molar-refractivity contribution in [2.24, 2.45) is 0 Å². The van der Waals surface area contributed by atoms with Crippen LogP contribution >= 0.6 is 0 Å². The van der Waals surface area contributed by atoms with E-state index >= 15 is 0 Å². The van der Waals surface area contributed by atoms with E-state index in [1.165, 1.54) is 0 Å². The summed E-state index contributed by atoms with van der Waals surface area (Å²) in [4.78, 5) is 0. The molecular weight excluding hydrogens is 223 g/mol. The van der Waals surface area contributed by atoms with Crippen molar-refractivity contribution < 1.29 is 9.68 Å². The maximum Gasteiger partial charge on any atom is 0.560 e. The van der Waals surface area contributed by atoms with Crippen molar-refractivity contribution in [2.45, 2.75) is 6.92 Å². The molecular formula is C15H13BO2. The zero-order valence-corrected chi connectivity index (χ0v) is 10.1. The fourth-order valence-electron chi connectivity index (χ4n) is 2.24. The van der Waals surface area contributed by atoms with Crippen molar-refractivity contribution in [3.05, 3.63) is 65.2 Å². The lowest BCUT2D eigenvalue weighted by atomic mass is 9.71. The average molecular weight is 236 g/mol. The van der Waals surface area contributed by atoms with Crippen molar-refractivity contribution in [3.63, 3.8) is 0 Å². The molecule has 2 aromatic rings. The van der Waals surface area contributed by atoms with E-state index in [0.29, 0.717) is 0 Å². The molecule has 18 heavy (non-hydrogen) atoms. The van der Waals surface area contributed by atoms with Gasteiger partial charge < -0.3 is 9.68 Å². The molecule has 0 amide bonds. The molecule has 1 aliphatic heterocycles. The Hall–Kier alpha value is -2.00. The summed E-state index contributed by atoms with van der Waals surface area (Å²) in [6.07, 6.45) is 1.99. The lowest BCUT2D eigenvalue weighted by Gasteiger charge is -2.21. The molecule has 1 N–H and O–H groups in total. The summed E-state index contributed by atoms with van der Waals surface area (Å²) in [5.74, 6) is 0.724. The number of rotatable bonds is 1. The molecule has 0 saturated carbocycles. The summed E-state index contributed by atoms with van der Waals surface area (Å²) < 4.78 is 5.54. The number of hydrogen-bond donors (Lipinski definition) is 1. The highest BCUT2D eigenvalue weighted by Gasteiger charge is 2.28. The monoisotopic (exact) mass is 236 g/mol. The summed E-state index contributed by atoms with van der Waals surface area (Å²) in [5, 5.41) is 10.1. The van der Waals surface area contributed by atoms with Gasteiger partial charge in [0, 0.05) is 11.0 Å². The van der Waals surface area contributed by atoms with Crippen LogP contribution in [0.1, 0.15) is 16.7 Å². The van der Waals surface area contributed by atoms with Crippen LogP contribution in [0.3, 0.4) is 0 Å². The summed E-state index contributed by atoms with van der Waals surface area (Å²) in [7, 11) is -0.902. The first-order chi connectivity index (χ1) is 8.75. The zero-order valence-electron chi connectivity index (χ0n) is 10.1. The van der Waals surface area contributed by atoms with Crippen LogP contribution < -0.4 is 4.65 Å². The fraction of sp³-hybridized carbons (Fsp3) is 0.0667. The molecule has 1 aliphatic rings. The summed E-state index contributed by atoms with van der Waals surface area (Å²) in [6.45, 7) is 2.03. The Morgan fingerprint density at radius 3 is 2.56 bits per heavy atom. The van der Waals surface area contributed by atoms with E-state index in [1.54, 1.807) is 0 Å². The lowest BCUT2D eigenvalue weighted by molar-refractivity contribution is 0.431. The Morgan fingerprint density at radius 1 is 1.00 bits per heavy atom. The highest BCUT2D eigenvalue weighted by atomic mass is 16.5. The highest BCUT2D eigenvalue weighted by molar-refractivity contribution is 6.70. The van der Waals surface area contributed by atoms with Crippen molar-refractivity contribution in [1.29, 1.82) is 0 Å². The minimum Gasteiger partial charge on any atom is -0.532 e.